The van der Waals surface area contributed by atoms with Crippen LogP contribution in [0.5, 0.6) is 5.75 Å². The zero-order chi connectivity index (χ0) is 42.9. The molecule has 3 aromatic heterocycles. The van der Waals surface area contributed by atoms with Crippen molar-refractivity contribution in [2.45, 2.75) is 70.1 Å². The van der Waals surface area contributed by atoms with Gasteiger partial charge in [0.2, 0.25) is 17.7 Å². The number of hydrogen-bond donors (Lipinski definition) is 4. The number of hydrogen-bond acceptors (Lipinski definition) is 13. The SMILES string of the molecule is Cc1cccc(C(=O)NC2CC(n3cnc4c(NCc5cccc(OCC6CCN(C(=O)CNc7ccc8c(c7)C(=O)N([C@H]7CCC(=O)NC7=O)C8=O)CC6)c5)ncnc43)C2)n1. The number of aromatic nitrogens is 5. The maximum absolute atomic E-state index is 13.2. The van der Waals surface area contributed by atoms with Gasteiger partial charge in [-0.3, -0.25) is 39.0 Å². The number of anilines is 2. The largest absolute Gasteiger partial charge is 0.493 e. The summed E-state index contributed by atoms with van der Waals surface area (Å²) in [5, 5.41) is 11.8. The molecule has 2 aromatic carbocycles. The molecule has 0 radical (unpaired) electrons. The monoisotopic (exact) mass is 839 g/mol. The Labute approximate surface area is 355 Å². The van der Waals surface area contributed by atoms with Gasteiger partial charge in [0.25, 0.3) is 17.7 Å². The summed E-state index contributed by atoms with van der Waals surface area (Å²) in [6, 6.07) is 17.1. The summed E-state index contributed by atoms with van der Waals surface area (Å²) in [5.41, 5.74) is 4.47. The van der Waals surface area contributed by atoms with E-state index in [4.69, 9.17) is 4.74 Å². The van der Waals surface area contributed by atoms with Crippen LogP contribution < -0.4 is 26.0 Å². The summed E-state index contributed by atoms with van der Waals surface area (Å²) in [5.74, 6) is -0.872. The highest BCUT2D eigenvalue weighted by atomic mass is 16.5. The molecule has 2 saturated heterocycles. The first-order valence-corrected chi connectivity index (χ1v) is 20.8. The molecule has 318 valence electrons. The van der Waals surface area contributed by atoms with Crippen LogP contribution >= 0.6 is 0 Å². The highest BCUT2D eigenvalue weighted by Gasteiger charge is 2.44. The van der Waals surface area contributed by atoms with Crippen LogP contribution in [0, 0.1) is 12.8 Å². The molecule has 4 aliphatic rings. The van der Waals surface area contributed by atoms with Crippen molar-refractivity contribution in [3.63, 3.8) is 0 Å². The molecule has 1 saturated carbocycles. The lowest BCUT2D eigenvalue weighted by Gasteiger charge is -2.36. The Kier molecular flexibility index (Phi) is 11.0. The van der Waals surface area contributed by atoms with Crippen LogP contribution in [-0.4, -0.2) is 108 Å². The van der Waals surface area contributed by atoms with Crippen LogP contribution in [0.15, 0.2) is 73.3 Å². The minimum absolute atomic E-state index is 0.0115. The quantitative estimate of drug-likeness (QED) is 0.125. The van der Waals surface area contributed by atoms with Crippen LogP contribution in [0.25, 0.3) is 11.2 Å². The number of nitrogens with zero attached hydrogens (tertiary/aromatic N) is 7. The molecule has 0 unspecified atom stereocenters. The van der Waals surface area contributed by atoms with E-state index in [1.807, 2.05) is 52.8 Å². The van der Waals surface area contributed by atoms with Gasteiger partial charge in [0.05, 0.1) is 30.6 Å². The van der Waals surface area contributed by atoms with Crippen molar-refractivity contribution in [2.75, 3.05) is 36.9 Å². The zero-order valence-electron chi connectivity index (χ0n) is 34.0. The van der Waals surface area contributed by atoms with E-state index in [1.165, 1.54) is 18.5 Å². The number of ether oxygens (including phenoxy) is 1. The second-order valence-electron chi connectivity index (χ2n) is 16.2. The third-order valence-corrected chi connectivity index (χ3v) is 12.0. The number of fused-ring (bicyclic) bond motifs is 2. The number of imidazole rings is 1. The smallest absolute Gasteiger partial charge is 0.270 e. The van der Waals surface area contributed by atoms with Crippen molar-refractivity contribution in [1.82, 2.24) is 44.9 Å². The molecule has 0 bridgehead atoms. The van der Waals surface area contributed by atoms with E-state index in [0.29, 0.717) is 49.0 Å². The maximum atomic E-state index is 13.2. The fraction of sp³-hybridized carbons (Fsp3) is 0.364. The van der Waals surface area contributed by atoms with Crippen LogP contribution in [0.1, 0.15) is 87.0 Å². The fourth-order valence-corrected chi connectivity index (χ4v) is 8.47. The number of rotatable bonds is 13. The van der Waals surface area contributed by atoms with Gasteiger partial charge in [-0.05, 0) is 93.0 Å². The predicted molar refractivity (Wildman–Crippen MR) is 224 cm³/mol. The summed E-state index contributed by atoms with van der Waals surface area (Å²) in [6.45, 7) is 4.07. The molecule has 4 N–H and O–H groups in total. The average Bonchev–Trinajstić information content (AvgIpc) is 3.80. The molecular formula is C44H45N11O7. The third kappa shape index (κ3) is 8.27. The summed E-state index contributed by atoms with van der Waals surface area (Å²) < 4.78 is 8.27. The van der Waals surface area contributed by atoms with Crippen molar-refractivity contribution < 1.29 is 33.5 Å². The number of carbonyl (C=O) groups is 6. The molecule has 3 fully saturated rings. The van der Waals surface area contributed by atoms with E-state index in [-0.39, 0.29) is 60.3 Å². The van der Waals surface area contributed by atoms with Gasteiger partial charge in [0.1, 0.15) is 29.3 Å². The van der Waals surface area contributed by atoms with Crippen molar-refractivity contribution in [3.8, 4) is 5.75 Å². The van der Waals surface area contributed by atoms with Gasteiger partial charge in [-0.1, -0.05) is 18.2 Å². The number of nitrogens with one attached hydrogen (secondary N) is 4. The van der Waals surface area contributed by atoms with Crippen molar-refractivity contribution >= 4 is 58.1 Å². The Hall–Kier alpha value is -7.24. The number of likely N-dealkylation sites (tertiary alicyclic amines) is 1. The molecule has 6 heterocycles. The van der Waals surface area contributed by atoms with Crippen molar-refractivity contribution in [2.24, 2.45) is 5.92 Å². The number of aryl methyl sites for hydroxylation is 1. The van der Waals surface area contributed by atoms with Crippen LogP contribution in [-0.2, 0) is 20.9 Å². The Morgan fingerprint density at radius 1 is 0.887 bits per heavy atom. The van der Waals surface area contributed by atoms with Gasteiger partial charge in [-0.15, -0.1) is 0 Å². The Morgan fingerprint density at radius 3 is 2.50 bits per heavy atom. The number of amides is 6. The Bertz CT molecular complexity index is 2600. The summed E-state index contributed by atoms with van der Waals surface area (Å²) >= 11 is 0. The zero-order valence-corrected chi connectivity index (χ0v) is 34.0. The van der Waals surface area contributed by atoms with E-state index >= 15 is 0 Å². The van der Waals surface area contributed by atoms with Gasteiger partial charge in [0, 0.05) is 49.5 Å². The lowest BCUT2D eigenvalue weighted by molar-refractivity contribution is -0.136. The van der Waals surface area contributed by atoms with Crippen LogP contribution in [0.3, 0.4) is 0 Å². The topological polar surface area (TPSA) is 223 Å². The molecule has 0 spiro atoms. The molecule has 5 aromatic rings. The van der Waals surface area contributed by atoms with E-state index in [0.717, 1.165) is 53.2 Å². The van der Waals surface area contributed by atoms with Gasteiger partial charge < -0.3 is 30.2 Å². The first kappa shape index (κ1) is 40.2. The molecule has 18 heteroatoms. The number of benzene rings is 2. The predicted octanol–water partition coefficient (Wildman–Crippen LogP) is 3.41. The van der Waals surface area contributed by atoms with E-state index < -0.39 is 29.7 Å². The molecule has 1 atom stereocenters. The van der Waals surface area contributed by atoms with Gasteiger partial charge in [-0.2, -0.15) is 0 Å². The van der Waals surface area contributed by atoms with Gasteiger partial charge >= 0.3 is 0 Å². The first-order chi connectivity index (χ1) is 30.1. The normalized spacial score (nSPS) is 20.1. The summed E-state index contributed by atoms with van der Waals surface area (Å²) in [7, 11) is 0. The minimum Gasteiger partial charge on any atom is -0.493 e. The van der Waals surface area contributed by atoms with E-state index in [9.17, 15) is 28.8 Å². The molecular weight excluding hydrogens is 795 g/mol. The van der Waals surface area contributed by atoms with Crippen LogP contribution in [0.4, 0.5) is 11.5 Å². The minimum atomic E-state index is -1.04. The second-order valence-corrected chi connectivity index (χ2v) is 16.2. The van der Waals surface area contributed by atoms with E-state index in [1.54, 1.807) is 18.5 Å². The highest BCUT2D eigenvalue weighted by Crippen LogP contribution is 2.35. The molecule has 6 amide bonds. The molecule has 9 rings (SSSR count). The number of piperidine rings is 2. The summed E-state index contributed by atoms with van der Waals surface area (Å²) in [4.78, 5) is 96.6. The van der Waals surface area contributed by atoms with Gasteiger partial charge in [-0.25, -0.2) is 19.9 Å². The van der Waals surface area contributed by atoms with Crippen LogP contribution in [0.2, 0.25) is 0 Å². The highest BCUT2D eigenvalue weighted by molar-refractivity contribution is 6.23. The maximum Gasteiger partial charge on any atom is 0.270 e. The Morgan fingerprint density at radius 2 is 1.69 bits per heavy atom. The summed E-state index contributed by atoms with van der Waals surface area (Å²) in [6.07, 6.45) is 6.55. The van der Waals surface area contributed by atoms with Crippen molar-refractivity contribution in [1.29, 1.82) is 0 Å². The number of pyridine rings is 1. The lowest BCUT2D eigenvalue weighted by atomic mass is 9.86. The second kappa shape index (κ2) is 17.0. The number of imide groups is 2. The third-order valence-electron chi connectivity index (χ3n) is 12.0. The first-order valence-electron chi connectivity index (χ1n) is 20.8. The lowest BCUT2D eigenvalue weighted by Crippen LogP contribution is -2.54. The molecule has 62 heavy (non-hydrogen) atoms. The number of carbonyl (C=O) groups excluding carboxylic acids is 6. The Balaban J connectivity index is 0.712. The van der Waals surface area contributed by atoms with Crippen molar-refractivity contribution in [3.05, 3.63) is 101 Å². The molecule has 1 aliphatic carbocycles. The van der Waals surface area contributed by atoms with E-state index in [2.05, 4.69) is 41.2 Å². The molecule has 18 nitrogen and oxygen atoms in total. The standard InChI is InChI=1S/C44H45N11O7/c1-25-4-2-7-34(50-25)41(58)51-29-17-30(18-29)54-24-49-38-39(47-23-48-40(38)54)46-20-27-5-3-6-31(16-27)62-22-26-12-14-53(15-13-26)37(57)21-45-28-8-9-32-33(19-28)44(61)55(43(32)60)35-10-11-36(56)52-42(35)59/h2-9,16,19,23-24,26,29-30,35,45H,10-15,17-18,20-22H2,1H3,(H,51,58)(H,46,47,48)(H,52,56,59)/t29?,30?,35-/m0/s1. The molecule has 3 aliphatic heterocycles. The average molecular weight is 840 g/mol. The van der Waals surface area contributed by atoms with Gasteiger partial charge in [0.15, 0.2) is 11.5 Å². The fourth-order valence-electron chi connectivity index (χ4n) is 8.47.